The standard InChI is InChI=1S/C13H10O3/c1-7-10(15)3-5-12-13(7)9-6-8(14)2-4-11(9)16-12/h2-6,14-15H,1H3. The third kappa shape index (κ3) is 1.08. The highest BCUT2D eigenvalue weighted by Gasteiger charge is 2.11. The second kappa shape index (κ2) is 2.92. The van der Waals surface area contributed by atoms with Crippen LogP contribution in [0.1, 0.15) is 5.56 Å². The normalized spacial score (nSPS) is 11.3. The minimum atomic E-state index is 0.193. The average Bonchev–Trinajstić information content (AvgIpc) is 2.62. The van der Waals surface area contributed by atoms with Crippen LogP contribution < -0.4 is 0 Å². The van der Waals surface area contributed by atoms with E-state index in [4.69, 9.17) is 4.42 Å². The molecule has 0 amide bonds. The van der Waals surface area contributed by atoms with Gasteiger partial charge < -0.3 is 14.6 Å². The van der Waals surface area contributed by atoms with Crippen LogP contribution in [-0.2, 0) is 0 Å². The van der Waals surface area contributed by atoms with E-state index in [0.29, 0.717) is 5.58 Å². The summed E-state index contributed by atoms with van der Waals surface area (Å²) in [4.78, 5) is 0. The summed E-state index contributed by atoms with van der Waals surface area (Å²) in [5, 5.41) is 20.8. The number of rotatable bonds is 0. The quantitative estimate of drug-likeness (QED) is 0.603. The smallest absolute Gasteiger partial charge is 0.135 e. The Morgan fingerprint density at radius 1 is 1.00 bits per heavy atom. The van der Waals surface area contributed by atoms with Gasteiger partial charge in [-0.05, 0) is 37.3 Å². The lowest BCUT2D eigenvalue weighted by Gasteiger charge is -1.99. The molecule has 1 aromatic heterocycles. The van der Waals surface area contributed by atoms with Crippen molar-refractivity contribution in [1.82, 2.24) is 0 Å². The van der Waals surface area contributed by atoms with Crippen molar-refractivity contribution < 1.29 is 14.6 Å². The molecule has 0 aliphatic heterocycles. The van der Waals surface area contributed by atoms with Crippen LogP contribution in [0.2, 0.25) is 0 Å². The van der Waals surface area contributed by atoms with E-state index in [1.165, 1.54) is 0 Å². The number of hydrogen-bond donors (Lipinski definition) is 2. The van der Waals surface area contributed by atoms with Crippen molar-refractivity contribution in [2.75, 3.05) is 0 Å². The molecule has 80 valence electrons. The van der Waals surface area contributed by atoms with Crippen molar-refractivity contribution in [3.05, 3.63) is 35.9 Å². The number of phenols is 2. The Bertz CT molecular complexity index is 695. The van der Waals surface area contributed by atoms with Gasteiger partial charge in [-0.2, -0.15) is 0 Å². The van der Waals surface area contributed by atoms with E-state index in [9.17, 15) is 10.2 Å². The van der Waals surface area contributed by atoms with Gasteiger partial charge in [-0.25, -0.2) is 0 Å². The zero-order chi connectivity index (χ0) is 11.3. The summed E-state index contributed by atoms with van der Waals surface area (Å²) in [7, 11) is 0. The molecule has 3 rings (SSSR count). The zero-order valence-corrected chi connectivity index (χ0v) is 8.69. The largest absolute Gasteiger partial charge is 0.508 e. The molecule has 3 nitrogen and oxygen atoms in total. The molecule has 0 atom stereocenters. The summed E-state index contributed by atoms with van der Waals surface area (Å²) >= 11 is 0. The Kier molecular flexibility index (Phi) is 1.66. The molecular formula is C13H10O3. The van der Waals surface area contributed by atoms with Crippen molar-refractivity contribution in [3.63, 3.8) is 0 Å². The number of aryl methyl sites for hydroxylation is 1. The Morgan fingerprint density at radius 2 is 1.75 bits per heavy atom. The summed E-state index contributed by atoms with van der Waals surface area (Å²) in [5.74, 6) is 0.427. The predicted octanol–water partition coefficient (Wildman–Crippen LogP) is 3.31. The van der Waals surface area contributed by atoms with Gasteiger partial charge in [0.2, 0.25) is 0 Å². The van der Waals surface area contributed by atoms with Crippen molar-refractivity contribution in [1.29, 1.82) is 0 Å². The number of benzene rings is 2. The van der Waals surface area contributed by atoms with Crippen LogP contribution in [0.5, 0.6) is 11.5 Å². The van der Waals surface area contributed by atoms with Gasteiger partial charge in [0, 0.05) is 16.3 Å². The van der Waals surface area contributed by atoms with Crippen LogP contribution in [0.3, 0.4) is 0 Å². The lowest BCUT2D eigenvalue weighted by Crippen LogP contribution is -1.76. The van der Waals surface area contributed by atoms with Gasteiger partial charge in [-0.3, -0.25) is 0 Å². The van der Waals surface area contributed by atoms with Gasteiger partial charge in [0.25, 0.3) is 0 Å². The molecule has 1 heterocycles. The Morgan fingerprint density at radius 3 is 2.56 bits per heavy atom. The molecule has 0 unspecified atom stereocenters. The Labute approximate surface area is 91.5 Å². The maximum absolute atomic E-state index is 9.66. The second-order valence-corrected chi connectivity index (χ2v) is 3.87. The molecule has 3 aromatic rings. The molecule has 0 aliphatic carbocycles. The monoisotopic (exact) mass is 214 g/mol. The number of hydrogen-bond acceptors (Lipinski definition) is 3. The molecule has 3 heteroatoms. The van der Waals surface area contributed by atoms with Gasteiger partial charge in [0.15, 0.2) is 0 Å². The summed E-state index contributed by atoms with van der Waals surface area (Å²) < 4.78 is 5.62. The summed E-state index contributed by atoms with van der Waals surface area (Å²) in [6, 6.07) is 8.29. The van der Waals surface area contributed by atoms with Crippen LogP contribution >= 0.6 is 0 Å². The topological polar surface area (TPSA) is 53.6 Å². The zero-order valence-electron chi connectivity index (χ0n) is 8.69. The Hall–Kier alpha value is -2.16. The van der Waals surface area contributed by atoms with Crippen molar-refractivity contribution >= 4 is 21.9 Å². The molecule has 2 N–H and O–H groups in total. The third-order valence-electron chi connectivity index (χ3n) is 2.85. The van der Waals surface area contributed by atoms with E-state index in [1.54, 1.807) is 30.3 Å². The number of furan rings is 1. The van der Waals surface area contributed by atoms with Crippen molar-refractivity contribution in [3.8, 4) is 11.5 Å². The van der Waals surface area contributed by atoms with Gasteiger partial charge >= 0.3 is 0 Å². The first kappa shape index (κ1) is 9.09. The molecule has 0 spiro atoms. The van der Waals surface area contributed by atoms with E-state index in [0.717, 1.165) is 21.9 Å². The summed E-state index contributed by atoms with van der Waals surface area (Å²) in [6.45, 7) is 1.83. The second-order valence-electron chi connectivity index (χ2n) is 3.87. The lowest BCUT2D eigenvalue weighted by molar-refractivity contribution is 0.472. The van der Waals surface area contributed by atoms with E-state index < -0.39 is 0 Å². The number of phenolic OH excluding ortho intramolecular Hbond substituents is 2. The molecule has 0 saturated heterocycles. The Balaban J connectivity index is 2.60. The fourth-order valence-electron chi connectivity index (χ4n) is 2.02. The van der Waals surface area contributed by atoms with Crippen LogP contribution in [-0.4, -0.2) is 10.2 Å². The maximum atomic E-state index is 9.66. The molecule has 0 bridgehead atoms. The highest BCUT2D eigenvalue weighted by Crippen LogP contribution is 2.36. The summed E-state index contributed by atoms with van der Waals surface area (Å²) in [6.07, 6.45) is 0. The van der Waals surface area contributed by atoms with Gasteiger partial charge in [-0.15, -0.1) is 0 Å². The lowest BCUT2D eigenvalue weighted by atomic mass is 10.1. The highest BCUT2D eigenvalue weighted by atomic mass is 16.3. The molecule has 2 aromatic carbocycles. The van der Waals surface area contributed by atoms with E-state index in [1.807, 2.05) is 6.92 Å². The molecule has 0 radical (unpaired) electrons. The molecule has 0 saturated carbocycles. The molecule has 16 heavy (non-hydrogen) atoms. The predicted molar refractivity (Wildman–Crippen MR) is 61.8 cm³/mol. The van der Waals surface area contributed by atoms with Crippen molar-refractivity contribution in [2.45, 2.75) is 6.92 Å². The van der Waals surface area contributed by atoms with Crippen LogP contribution in [0.4, 0.5) is 0 Å². The maximum Gasteiger partial charge on any atom is 0.135 e. The average molecular weight is 214 g/mol. The highest BCUT2D eigenvalue weighted by molar-refractivity contribution is 6.07. The fraction of sp³-hybridized carbons (Fsp3) is 0.0769. The molecular weight excluding hydrogens is 204 g/mol. The van der Waals surface area contributed by atoms with Gasteiger partial charge in [-0.1, -0.05) is 0 Å². The number of aromatic hydroxyl groups is 2. The summed E-state index contributed by atoms with van der Waals surface area (Å²) in [5.41, 5.74) is 2.19. The first-order valence-electron chi connectivity index (χ1n) is 5.00. The van der Waals surface area contributed by atoms with E-state index >= 15 is 0 Å². The van der Waals surface area contributed by atoms with E-state index in [-0.39, 0.29) is 11.5 Å². The first-order chi connectivity index (χ1) is 7.66. The van der Waals surface area contributed by atoms with Gasteiger partial charge in [0.1, 0.15) is 22.7 Å². The minimum absolute atomic E-state index is 0.193. The van der Waals surface area contributed by atoms with E-state index in [2.05, 4.69) is 0 Å². The first-order valence-corrected chi connectivity index (χ1v) is 5.00. The fourth-order valence-corrected chi connectivity index (χ4v) is 2.02. The van der Waals surface area contributed by atoms with Crippen LogP contribution in [0.15, 0.2) is 34.7 Å². The molecule has 0 aliphatic rings. The van der Waals surface area contributed by atoms with Gasteiger partial charge in [0.05, 0.1) is 0 Å². The van der Waals surface area contributed by atoms with Crippen LogP contribution in [0, 0.1) is 6.92 Å². The molecule has 0 fully saturated rings. The van der Waals surface area contributed by atoms with Crippen LogP contribution in [0.25, 0.3) is 21.9 Å². The minimum Gasteiger partial charge on any atom is -0.508 e. The number of fused-ring (bicyclic) bond motifs is 3. The third-order valence-corrected chi connectivity index (χ3v) is 2.85. The SMILES string of the molecule is Cc1c(O)ccc2oc3ccc(O)cc3c12. The van der Waals surface area contributed by atoms with Crippen molar-refractivity contribution in [2.24, 2.45) is 0 Å².